The van der Waals surface area contributed by atoms with Gasteiger partial charge >= 0.3 is 48.5 Å². The molecule has 20 heteroatoms. The summed E-state index contributed by atoms with van der Waals surface area (Å²) in [5, 5.41) is 0. The van der Waals surface area contributed by atoms with E-state index < -0.39 is 86.8 Å². The van der Waals surface area contributed by atoms with Crippen molar-refractivity contribution in [1.82, 2.24) is 0 Å². The molecule has 84 heavy (non-hydrogen) atoms. The van der Waals surface area contributed by atoms with Gasteiger partial charge in [0, 0.05) is 11.8 Å². The van der Waals surface area contributed by atoms with Gasteiger partial charge in [-0.25, -0.2) is 58.3 Å². The summed E-state index contributed by atoms with van der Waals surface area (Å²) < 4.78 is 21.0. The molecule has 2 atom stereocenters. The molecule has 0 aromatic heterocycles. The maximum atomic E-state index is 12.9. The molecule has 0 radical (unpaired) electrons. The Morgan fingerprint density at radius 3 is 0.738 bits per heavy atom. The first kappa shape index (κ1) is 68.3. The number of hydrogen-bond acceptors (Lipinski definition) is 20. The summed E-state index contributed by atoms with van der Waals surface area (Å²) >= 11 is 0. The number of aryl methyl sites for hydroxylation is 4. The molecule has 0 aliphatic heterocycles. The molecule has 4 aromatic carbocycles. The Labute approximate surface area is 492 Å². The Hall–Kier alpha value is -8.16. The van der Waals surface area contributed by atoms with Crippen LogP contribution in [0.1, 0.15) is 207 Å². The van der Waals surface area contributed by atoms with E-state index in [4.69, 9.17) is 38.5 Å². The van der Waals surface area contributed by atoms with E-state index in [2.05, 4.69) is 47.2 Å². The Bertz CT molecular complexity index is 2400. The zero-order valence-corrected chi connectivity index (χ0v) is 48.9. The molecule has 4 rings (SSSR count). The molecular weight excluding hydrogens is 1090 g/mol. The average Bonchev–Trinajstić information content (AvgIpc) is 3.67. The van der Waals surface area contributed by atoms with Gasteiger partial charge in [0.15, 0.2) is 0 Å². The summed E-state index contributed by atoms with van der Waals surface area (Å²) in [6.45, 7) is 6.25. The molecule has 0 amide bonds. The average molecular weight is 1170 g/mol. The van der Waals surface area contributed by atoms with Crippen molar-refractivity contribution < 1.29 is 96.4 Å². The van der Waals surface area contributed by atoms with Crippen molar-refractivity contribution in [3.8, 4) is 0 Å². The van der Waals surface area contributed by atoms with Gasteiger partial charge < -0.3 is 18.9 Å². The van der Waals surface area contributed by atoms with E-state index in [-0.39, 0.29) is 35.1 Å². The first-order valence-corrected chi connectivity index (χ1v) is 29.4. The quantitative estimate of drug-likeness (QED) is 0.0136. The molecular formula is C64H82O20. The van der Waals surface area contributed by atoms with Crippen molar-refractivity contribution in [2.75, 3.05) is 26.4 Å². The molecule has 20 nitrogen and oxygen atoms in total. The van der Waals surface area contributed by atoms with Gasteiger partial charge in [0.1, 0.15) is 0 Å². The third-order valence-electron chi connectivity index (χ3n) is 13.7. The maximum Gasteiger partial charge on any atom is 0.549 e. The summed E-state index contributed by atoms with van der Waals surface area (Å²) in [6, 6.07) is 26.5. The van der Waals surface area contributed by atoms with Crippen molar-refractivity contribution in [3.63, 3.8) is 0 Å². The lowest BCUT2D eigenvalue weighted by atomic mass is 9.88. The zero-order valence-electron chi connectivity index (χ0n) is 48.9. The highest BCUT2D eigenvalue weighted by Gasteiger charge is 2.29. The predicted molar refractivity (Wildman–Crippen MR) is 305 cm³/mol. The molecule has 0 bridgehead atoms. The second-order valence-electron chi connectivity index (χ2n) is 20.3. The standard InChI is InChI=1S/C64H82O20/c1-5-9-13-17-21-47-25-33-51(34-26-47)57(65)77-81-61(69)73-43-41-55(45-75-63(71)83-79-59(67)53-37-29-49(30-38-53)23-19-15-11-7-3)56(46-76-64(72)84-80-60(68)54-39-31-50(32-40-54)24-20-16-12-8-4)42-44-74-62(70)82-78-58(66)52-35-27-48(28-36-52)22-18-14-10-6-2/h25-40,55-56H,5-24,41-46H2,1-4H3. The molecule has 4 aromatic rings. The van der Waals surface area contributed by atoms with Crippen LogP contribution in [0, 0.1) is 11.8 Å². The maximum absolute atomic E-state index is 12.9. The van der Waals surface area contributed by atoms with Crippen molar-refractivity contribution in [2.24, 2.45) is 11.8 Å². The van der Waals surface area contributed by atoms with Crippen molar-refractivity contribution in [3.05, 3.63) is 142 Å². The van der Waals surface area contributed by atoms with Gasteiger partial charge in [0.25, 0.3) is 0 Å². The first-order valence-electron chi connectivity index (χ1n) is 29.4. The highest BCUT2D eigenvalue weighted by molar-refractivity contribution is 5.91. The van der Waals surface area contributed by atoms with Gasteiger partial charge in [-0.3, -0.25) is 0 Å². The molecule has 0 aliphatic carbocycles. The third kappa shape index (κ3) is 28.2. The smallest absolute Gasteiger partial charge is 0.432 e. The minimum atomic E-state index is -1.48. The van der Waals surface area contributed by atoms with E-state index in [0.717, 1.165) is 151 Å². The van der Waals surface area contributed by atoms with E-state index >= 15 is 0 Å². The number of ether oxygens (including phenoxy) is 4. The fraction of sp³-hybridized carbons (Fsp3) is 0.500. The summed E-state index contributed by atoms with van der Waals surface area (Å²) in [5.74, 6) is -5.97. The summed E-state index contributed by atoms with van der Waals surface area (Å²) in [5.41, 5.74) is 4.48. The van der Waals surface area contributed by atoms with Crippen LogP contribution in [0.2, 0.25) is 0 Å². The Morgan fingerprint density at radius 2 is 0.512 bits per heavy atom. The number of rotatable bonds is 35. The van der Waals surface area contributed by atoms with Gasteiger partial charge in [-0.05, 0) is 135 Å². The fourth-order valence-corrected chi connectivity index (χ4v) is 8.68. The fourth-order valence-electron chi connectivity index (χ4n) is 8.68. The van der Waals surface area contributed by atoms with Crippen LogP contribution in [0.5, 0.6) is 0 Å². The van der Waals surface area contributed by atoms with Crippen LogP contribution in [0.3, 0.4) is 0 Å². The molecule has 2 unspecified atom stereocenters. The Balaban J connectivity index is 1.43. The highest BCUT2D eigenvalue weighted by Crippen LogP contribution is 2.24. The molecule has 0 heterocycles. The van der Waals surface area contributed by atoms with Crippen LogP contribution < -0.4 is 0 Å². The van der Waals surface area contributed by atoms with E-state index in [9.17, 15) is 38.4 Å². The van der Waals surface area contributed by atoms with E-state index in [0.29, 0.717) is 0 Å². The minimum Gasteiger partial charge on any atom is -0.432 e. The van der Waals surface area contributed by atoms with Crippen LogP contribution in [-0.4, -0.2) is 74.9 Å². The molecule has 458 valence electrons. The minimum absolute atomic E-state index is 0.0927. The second-order valence-corrected chi connectivity index (χ2v) is 20.3. The van der Waals surface area contributed by atoms with Crippen molar-refractivity contribution >= 4 is 48.5 Å². The Kier molecular flexibility index (Phi) is 33.3. The van der Waals surface area contributed by atoms with Crippen LogP contribution >= 0.6 is 0 Å². The van der Waals surface area contributed by atoms with Gasteiger partial charge in [0.05, 0.1) is 48.7 Å². The SMILES string of the molecule is CCCCCCc1ccc(C(=O)OOC(=O)OCCC(COC(=O)OOC(=O)c2ccc(CCCCCC)cc2)C(CCOC(=O)OOC(=O)c2ccc(CCCCCC)cc2)COC(=O)OOC(=O)c2ccc(CCCCCC)cc2)cc1. The largest absolute Gasteiger partial charge is 0.549 e. The van der Waals surface area contributed by atoms with Gasteiger partial charge in [-0.15, -0.1) is 0 Å². The first-order chi connectivity index (χ1) is 40.8. The molecule has 0 saturated heterocycles. The summed E-state index contributed by atoms with van der Waals surface area (Å²) in [6.07, 6.45) is 14.2. The number of unbranched alkanes of at least 4 members (excludes halogenated alkanes) is 12. The number of hydrogen-bond donors (Lipinski definition) is 0. The lowest BCUT2D eigenvalue weighted by molar-refractivity contribution is -0.208. The normalized spacial score (nSPS) is 11.4. The van der Waals surface area contributed by atoms with Crippen LogP contribution in [0.25, 0.3) is 0 Å². The third-order valence-corrected chi connectivity index (χ3v) is 13.7. The molecule has 0 spiro atoms. The predicted octanol–water partition coefficient (Wildman–Crippen LogP) is 15.2. The lowest BCUT2D eigenvalue weighted by Crippen LogP contribution is -2.30. The Morgan fingerprint density at radius 1 is 0.286 bits per heavy atom. The van der Waals surface area contributed by atoms with Crippen molar-refractivity contribution in [1.29, 1.82) is 0 Å². The molecule has 0 saturated carbocycles. The highest BCUT2D eigenvalue weighted by atomic mass is 17.3. The topological polar surface area (TPSA) is 247 Å². The molecule has 0 aliphatic rings. The zero-order chi connectivity index (χ0) is 60.6. The van der Waals surface area contributed by atoms with Crippen LogP contribution in [0.15, 0.2) is 97.1 Å². The van der Waals surface area contributed by atoms with E-state index in [1.54, 1.807) is 48.5 Å². The lowest BCUT2D eigenvalue weighted by Gasteiger charge is -2.25. The van der Waals surface area contributed by atoms with Crippen molar-refractivity contribution in [2.45, 2.75) is 169 Å². The number of carbonyl (C=O) groups is 8. The molecule has 0 fully saturated rings. The van der Waals surface area contributed by atoms with E-state index in [1.165, 1.54) is 48.5 Å². The summed E-state index contributed by atoms with van der Waals surface area (Å²) in [4.78, 5) is 140. The van der Waals surface area contributed by atoms with Gasteiger partial charge in [-0.1, -0.05) is 153 Å². The van der Waals surface area contributed by atoms with Crippen LogP contribution in [-0.2, 0) is 83.7 Å². The van der Waals surface area contributed by atoms with Crippen LogP contribution in [0.4, 0.5) is 19.2 Å². The van der Waals surface area contributed by atoms with Gasteiger partial charge in [-0.2, -0.15) is 19.2 Å². The number of benzene rings is 4. The number of carbonyl (C=O) groups excluding carboxylic acids is 8. The monoisotopic (exact) mass is 1170 g/mol. The van der Waals surface area contributed by atoms with Gasteiger partial charge in [0.2, 0.25) is 0 Å². The van der Waals surface area contributed by atoms with E-state index in [1.807, 2.05) is 0 Å². The summed E-state index contributed by atoms with van der Waals surface area (Å²) in [7, 11) is 0. The molecule has 0 N–H and O–H groups in total. The second kappa shape index (κ2) is 40.9.